The van der Waals surface area contributed by atoms with Gasteiger partial charge in [0.25, 0.3) is 11.5 Å². The highest BCUT2D eigenvalue weighted by atomic mass is 35.5. The van der Waals surface area contributed by atoms with E-state index < -0.39 is 17.2 Å². The second kappa shape index (κ2) is 7.07. The molecule has 1 aromatic carbocycles. The number of H-pyrrole nitrogens is 1. The first-order valence-corrected chi connectivity index (χ1v) is 9.51. The monoisotopic (exact) mass is 418 g/mol. The minimum absolute atomic E-state index is 0.0497. The second-order valence-electron chi connectivity index (χ2n) is 6.82. The number of nitrogens with one attached hydrogen (secondary N) is 2. The van der Waals surface area contributed by atoms with E-state index in [0.717, 1.165) is 18.4 Å². The van der Waals surface area contributed by atoms with Crippen molar-refractivity contribution in [1.29, 1.82) is 0 Å². The topological polar surface area (TPSA) is 96.8 Å². The van der Waals surface area contributed by atoms with Gasteiger partial charge in [-0.2, -0.15) is 0 Å². The smallest absolute Gasteiger partial charge is 0.330 e. The number of halogens is 2. The van der Waals surface area contributed by atoms with Crippen molar-refractivity contribution in [2.75, 3.05) is 0 Å². The molecule has 0 bridgehead atoms. The molecule has 144 valence electrons. The van der Waals surface area contributed by atoms with Crippen molar-refractivity contribution in [3.05, 3.63) is 72.5 Å². The van der Waals surface area contributed by atoms with Crippen molar-refractivity contribution in [2.24, 2.45) is 0 Å². The summed E-state index contributed by atoms with van der Waals surface area (Å²) in [6, 6.07) is 6.29. The third-order valence-electron chi connectivity index (χ3n) is 4.74. The zero-order valence-electron chi connectivity index (χ0n) is 14.8. The molecule has 0 saturated heterocycles. The average Bonchev–Trinajstić information content (AvgIpc) is 3.48. The fourth-order valence-electron chi connectivity index (χ4n) is 3.08. The van der Waals surface area contributed by atoms with Crippen LogP contribution in [0.25, 0.3) is 11.0 Å². The summed E-state index contributed by atoms with van der Waals surface area (Å²) in [6.45, 7) is 1.81. The van der Waals surface area contributed by atoms with Crippen molar-refractivity contribution in [3.63, 3.8) is 0 Å². The molecule has 1 unspecified atom stereocenters. The van der Waals surface area contributed by atoms with Crippen LogP contribution in [0.2, 0.25) is 10.0 Å². The summed E-state index contributed by atoms with van der Waals surface area (Å²) in [4.78, 5) is 43.5. The van der Waals surface area contributed by atoms with Crippen molar-refractivity contribution in [2.45, 2.75) is 31.8 Å². The number of rotatable bonds is 4. The maximum absolute atomic E-state index is 12.6. The van der Waals surface area contributed by atoms with E-state index in [1.807, 2.05) is 6.92 Å². The van der Waals surface area contributed by atoms with Gasteiger partial charge >= 0.3 is 5.69 Å². The molecule has 4 rings (SSSR count). The number of hydrogen-bond donors (Lipinski definition) is 2. The Morgan fingerprint density at radius 3 is 2.68 bits per heavy atom. The number of nitrogens with zero attached hydrogens (tertiary/aromatic N) is 2. The molecule has 2 aromatic heterocycles. The minimum atomic E-state index is -0.559. The van der Waals surface area contributed by atoms with E-state index in [1.165, 1.54) is 16.8 Å². The van der Waals surface area contributed by atoms with E-state index in [4.69, 9.17) is 23.2 Å². The summed E-state index contributed by atoms with van der Waals surface area (Å²) < 4.78 is 1.48. The molecule has 1 atom stereocenters. The second-order valence-corrected chi connectivity index (χ2v) is 7.64. The summed E-state index contributed by atoms with van der Waals surface area (Å²) in [7, 11) is 0. The zero-order valence-corrected chi connectivity index (χ0v) is 16.3. The van der Waals surface area contributed by atoms with E-state index in [9.17, 15) is 14.4 Å². The van der Waals surface area contributed by atoms with Crippen LogP contribution in [0.5, 0.6) is 0 Å². The van der Waals surface area contributed by atoms with E-state index in [2.05, 4.69) is 15.3 Å². The lowest BCUT2D eigenvalue weighted by atomic mass is 10.1. The first-order chi connectivity index (χ1) is 13.3. The van der Waals surface area contributed by atoms with Gasteiger partial charge in [-0.05, 0) is 43.5 Å². The summed E-state index contributed by atoms with van der Waals surface area (Å²) in [5.74, 6) is -0.392. The van der Waals surface area contributed by atoms with Gasteiger partial charge in [0, 0.05) is 12.2 Å². The number of pyridine rings is 1. The quantitative estimate of drug-likeness (QED) is 0.679. The highest BCUT2D eigenvalue weighted by Crippen LogP contribution is 2.34. The van der Waals surface area contributed by atoms with Gasteiger partial charge in [0.05, 0.1) is 27.0 Å². The van der Waals surface area contributed by atoms with Crippen LogP contribution in [0.1, 0.15) is 47.8 Å². The Bertz CT molecular complexity index is 1210. The molecule has 0 spiro atoms. The molecule has 2 N–H and O–H groups in total. The first-order valence-electron chi connectivity index (χ1n) is 8.75. The van der Waals surface area contributed by atoms with Gasteiger partial charge in [-0.15, -0.1) is 0 Å². The number of benzene rings is 1. The van der Waals surface area contributed by atoms with Crippen molar-refractivity contribution in [3.8, 4) is 0 Å². The van der Waals surface area contributed by atoms with Crippen molar-refractivity contribution in [1.82, 2.24) is 19.9 Å². The molecular weight excluding hydrogens is 403 g/mol. The third kappa shape index (κ3) is 3.43. The van der Waals surface area contributed by atoms with E-state index in [-0.39, 0.29) is 23.0 Å². The maximum Gasteiger partial charge on any atom is 0.330 e. The minimum Gasteiger partial charge on any atom is -0.345 e. The lowest BCUT2D eigenvalue weighted by Crippen LogP contribution is -2.31. The molecule has 7 nitrogen and oxygen atoms in total. The summed E-state index contributed by atoms with van der Waals surface area (Å²) in [6.07, 6.45) is 3.11. The van der Waals surface area contributed by atoms with Crippen LogP contribution >= 0.6 is 23.2 Å². The summed E-state index contributed by atoms with van der Waals surface area (Å²) in [5.41, 5.74) is 0.280. The molecule has 0 radical (unpaired) electrons. The van der Waals surface area contributed by atoms with Crippen molar-refractivity contribution >= 4 is 40.1 Å². The largest absolute Gasteiger partial charge is 0.345 e. The predicted octanol–water partition coefficient (Wildman–Crippen LogP) is 3.22. The molecule has 28 heavy (non-hydrogen) atoms. The Hall–Kier alpha value is -2.64. The molecule has 9 heteroatoms. The molecule has 1 aliphatic carbocycles. The number of hydrogen-bond acceptors (Lipinski definition) is 4. The van der Waals surface area contributed by atoms with E-state index >= 15 is 0 Å². The predicted molar refractivity (Wildman–Crippen MR) is 107 cm³/mol. The van der Waals surface area contributed by atoms with Gasteiger partial charge in [0.1, 0.15) is 5.65 Å². The van der Waals surface area contributed by atoms with Crippen LogP contribution in [0.3, 0.4) is 0 Å². The van der Waals surface area contributed by atoms with Crippen LogP contribution in [0.15, 0.2) is 40.1 Å². The SMILES string of the molecule is CC(NC(=O)c1cnc2c(c1)c(=O)[nH]c(=O)n2C1CC1)c1ccc(Cl)c(Cl)c1. The average molecular weight is 419 g/mol. The Kier molecular flexibility index (Phi) is 4.72. The van der Waals surface area contributed by atoms with Crippen LogP contribution in [0.4, 0.5) is 0 Å². The number of fused-ring (bicyclic) bond motifs is 1. The highest BCUT2D eigenvalue weighted by Gasteiger charge is 2.28. The zero-order chi connectivity index (χ0) is 20.0. The Morgan fingerprint density at radius 1 is 1.25 bits per heavy atom. The Labute approximate surface area is 169 Å². The molecule has 1 saturated carbocycles. The number of aromatic amines is 1. The third-order valence-corrected chi connectivity index (χ3v) is 5.48. The van der Waals surface area contributed by atoms with Gasteiger partial charge < -0.3 is 5.32 Å². The van der Waals surface area contributed by atoms with Crippen LogP contribution in [-0.4, -0.2) is 20.4 Å². The fraction of sp³-hybridized carbons (Fsp3) is 0.263. The maximum atomic E-state index is 12.6. The molecular formula is C19H16Cl2N4O3. The molecule has 1 amide bonds. The fourth-order valence-corrected chi connectivity index (χ4v) is 3.38. The standard InChI is InChI=1S/C19H16Cl2N4O3/c1-9(10-2-5-14(20)15(21)7-10)23-17(26)11-6-13-16(22-8-11)25(12-3-4-12)19(28)24-18(13)27/h2,5-9,12H,3-4H2,1H3,(H,23,26)(H,24,27,28). The normalized spacial score (nSPS) is 14.8. The summed E-state index contributed by atoms with van der Waals surface area (Å²) in [5, 5.41) is 3.89. The number of carbonyl (C=O) groups excluding carboxylic acids is 1. The Balaban J connectivity index is 1.65. The van der Waals surface area contributed by atoms with Gasteiger partial charge in [-0.1, -0.05) is 29.3 Å². The molecule has 0 aliphatic heterocycles. The molecule has 3 aromatic rings. The first kappa shape index (κ1) is 18.7. The van der Waals surface area contributed by atoms with Gasteiger partial charge in [-0.25, -0.2) is 9.78 Å². The van der Waals surface area contributed by atoms with Gasteiger partial charge in [-0.3, -0.25) is 19.1 Å². The molecule has 2 heterocycles. The van der Waals surface area contributed by atoms with E-state index in [1.54, 1.807) is 18.2 Å². The van der Waals surface area contributed by atoms with Crippen LogP contribution in [0, 0.1) is 0 Å². The number of aromatic nitrogens is 3. The number of carbonyl (C=O) groups is 1. The lowest BCUT2D eigenvalue weighted by molar-refractivity contribution is 0.0939. The lowest BCUT2D eigenvalue weighted by Gasteiger charge is -2.15. The van der Waals surface area contributed by atoms with Gasteiger partial charge in [0.2, 0.25) is 0 Å². The van der Waals surface area contributed by atoms with Crippen molar-refractivity contribution < 1.29 is 4.79 Å². The highest BCUT2D eigenvalue weighted by molar-refractivity contribution is 6.42. The van der Waals surface area contributed by atoms with E-state index in [0.29, 0.717) is 15.7 Å². The summed E-state index contributed by atoms with van der Waals surface area (Å²) >= 11 is 12.0. The van der Waals surface area contributed by atoms with Crippen LogP contribution in [-0.2, 0) is 0 Å². The number of amides is 1. The molecule has 1 aliphatic rings. The molecule has 1 fully saturated rings. The van der Waals surface area contributed by atoms with Crippen LogP contribution < -0.4 is 16.6 Å². The van der Waals surface area contributed by atoms with Gasteiger partial charge in [0.15, 0.2) is 0 Å². The Morgan fingerprint density at radius 2 is 2.00 bits per heavy atom.